The highest BCUT2D eigenvalue weighted by atomic mass is 32.1. The molecule has 3 aromatic rings. The SMILES string of the molecule is O=C(O)[C@@H](C1CCCCC1)N1C[C@H](CN2CCC(c3cnc(Cc4ccc(F)cc4)s3)CC2)[C@@H](c2ccccc2)C1. The van der Waals surface area contributed by atoms with E-state index in [0.29, 0.717) is 17.8 Å². The summed E-state index contributed by atoms with van der Waals surface area (Å²) >= 11 is 1.80. The van der Waals surface area contributed by atoms with Gasteiger partial charge in [0.15, 0.2) is 0 Å². The molecule has 0 bridgehead atoms. The third kappa shape index (κ3) is 6.90. The maximum Gasteiger partial charge on any atom is 0.321 e. The monoisotopic (exact) mass is 575 g/mol. The van der Waals surface area contributed by atoms with Gasteiger partial charge in [0.05, 0.1) is 5.01 Å². The van der Waals surface area contributed by atoms with Crippen LogP contribution in [0.5, 0.6) is 0 Å². The van der Waals surface area contributed by atoms with E-state index in [1.165, 1.54) is 29.0 Å². The Hall–Kier alpha value is -2.61. The standard InChI is InChI=1S/C34H42FN3O2S/c35-29-13-11-24(12-14-29)19-32-36-20-31(41-32)26-15-17-37(18-16-26)21-28-22-38(23-30(28)25-7-3-1-4-8-25)33(34(39)40)27-9-5-2-6-10-27/h1,3-4,7-8,11-14,20,26-28,30,33H,2,5-6,9-10,15-19,21-23H2,(H,39,40)/t28-,30+,33+/m0/s1. The molecular formula is C34H42FN3O2S. The fourth-order valence-electron chi connectivity index (χ4n) is 7.60. The van der Waals surface area contributed by atoms with Crippen molar-refractivity contribution in [2.75, 3.05) is 32.7 Å². The van der Waals surface area contributed by atoms with Crippen LogP contribution in [0.3, 0.4) is 0 Å². The summed E-state index contributed by atoms with van der Waals surface area (Å²) in [5.74, 6) is 0.790. The van der Waals surface area contributed by atoms with Crippen LogP contribution < -0.4 is 0 Å². The zero-order chi connectivity index (χ0) is 28.2. The van der Waals surface area contributed by atoms with E-state index in [0.717, 1.165) is 88.2 Å². The lowest BCUT2D eigenvalue weighted by Crippen LogP contribution is -2.46. The predicted molar refractivity (Wildman–Crippen MR) is 162 cm³/mol. The summed E-state index contributed by atoms with van der Waals surface area (Å²) in [6.45, 7) is 4.88. The number of likely N-dealkylation sites (tertiary alicyclic amines) is 2. The summed E-state index contributed by atoms with van der Waals surface area (Å²) in [6.07, 6.45) is 10.7. The topological polar surface area (TPSA) is 56.7 Å². The molecule has 3 aliphatic rings. The highest BCUT2D eigenvalue weighted by molar-refractivity contribution is 7.11. The van der Waals surface area contributed by atoms with Crippen LogP contribution in [0.1, 0.15) is 77.8 Å². The summed E-state index contributed by atoms with van der Waals surface area (Å²) in [6, 6.07) is 17.1. The normalized spacial score (nSPS) is 24.0. The van der Waals surface area contributed by atoms with Crippen LogP contribution in [0.4, 0.5) is 4.39 Å². The van der Waals surface area contributed by atoms with Crippen molar-refractivity contribution in [3.05, 3.63) is 87.6 Å². The molecule has 0 spiro atoms. The lowest BCUT2D eigenvalue weighted by molar-refractivity contribution is -0.145. The van der Waals surface area contributed by atoms with Gasteiger partial charge in [-0.05, 0) is 79.8 Å². The summed E-state index contributed by atoms with van der Waals surface area (Å²) in [5.41, 5.74) is 2.44. The van der Waals surface area contributed by atoms with Gasteiger partial charge in [0.1, 0.15) is 11.9 Å². The van der Waals surface area contributed by atoms with E-state index in [1.807, 2.05) is 12.1 Å². The summed E-state index contributed by atoms with van der Waals surface area (Å²) in [7, 11) is 0. The number of thiazole rings is 1. The molecule has 0 unspecified atom stereocenters. The van der Waals surface area contributed by atoms with Gasteiger partial charge in [-0.15, -0.1) is 11.3 Å². The van der Waals surface area contributed by atoms with Gasteiger partial charge in [0, 0.05) is 43.0 Å². The largest absolute Gasteiger partial charge is 0.480 e. The van der Waals surface area contributed by atoms with Gasteiger partial charge >= 0.3 is 5.97 Å². The average Bonchev–Trinajstić information content (AvgIpc) is 3.63. The second-order valence-corrected chi connectivity index (χ2v) is 13.6. The van der Waals surface area contributed by atoms with Crippen molar-refractivity contribution in [3.8, 4) is 0 Å². The number of aromatic nitrogens is 1. The Morgan fingerprint density at radius 1 is 0.976 bits per heavy atom. The third-order valence-electron chi connectivity index (χ3n) is 9.76. The Bertz CT molecular complexity index is 1270. The molecule has 3 atom stereocenters. The zero-order valence-electron chi connectivity index (χ0n) is 23.8. The van der Waals surface area contributed by atoms with Gasteiger partial charge in [0.2, 0.25) is 0 Å². The molecule has 0 amide bonds. The molecule has 41 heavy (non-hydrogen) atoms. The Morgan fingerprint density at radius 3 is 2.41 bits per heavy atom. The van der Waals surface area contributed by atoms with Crippen molar-refractivity contribution in [1.29, 1.82) is 0 Å². The quantitative estimate of drug-likeness (QED) is 0.304. The van der Waals surface area contributed by atoms with Crippen LogP contribution in [-0.4, -0.2) is 64.6 Å². The molecule has 1 aromatic heterocycles. The molecule has 3 heterocycles. The highest BCUT2D eigenvalue weighted by Gasteiger charge is 2.43. The predicted octanol–water partition coefficient (Wildman–Crippen LogP) is 6.80. The molecular weight excluding hydrogens is 533 g/mol. The maximum absolute atomic E-state index is 13.3. The number of carboxylic acids is 1. The van der Waals surface area contributed by atoms with Crippen molar-refractivity contribution in [2.45, 2.75) is 69.2 Å². The third-order valence-corrected chi connectivity index (χ3v) is 10.9. The van der Waals surface area contributed by atoms with Crippen molar-refractivity contribution in [3.63, 3.8) is 0 Å². The summed E-state index contributed by atoms with van der Waals surface area (Å²) < 4.78 is 13.3. The average molecular weight is 576 g/mol. The Labute approximate surface area is 247 Å². The molecule has 1 saturated carbocycles. The molecule has 5 nitrogen and oxygen atoms in total. The molecule has 1 aliphatic carbocycles. The maximum atomic E-state index is 13.3. The number of rotatable bonds is 9. The molecule has 7 heteroatoms. The number of piperidine rings is 1. The van der Waals surface area contributed by atoms with E-state index in [9.17, 15) is 14.3 Å². The van der Waals surface area contributed by atoms with Gasteiger partial charge in [-0.2, -0.15) is 0 Å². The van der Waals surface area contributed by atoms with E-state index in [2.05, 4.69) is 51.3 Å². The highest BCUT2D eigenvalue weighted by Crippen LogP contribution is 2.39. The molecule has 0 radical (unpaired) electrons. The number of halogens is 1. The first-order valence-electron chi connectivity index (χ1n) is 15.5. The van der Waals surface area contributed by atoms with Crippen molar-refractivity contribution < 1.29 is 14.3 Å². The number of carboxylic acid groups (broad SMARTS) is 1. The van der Waals surface area contributed by atoms with Crippen LogP contribution in [0.15, 0.2) is 60.8 Å². The van der Waals surface area contributed by atoms with E-state index in [1.54, 1.807) is 11.3 Å². The summed E-state index contributed by atoms with van der Waals surface area (Å²) in [4.78, 5) is 23.6. The molecule has 2 saturated heterocycles. The molecule has 2 aliphatic heterocycles. The molecule has 2 aromatic carbocycles. The van der Waals surface area contributed by atoms with Crippen LogP contribution in [0, 0.1) is 17.7 Å². The lowest BCUT2D eigenvalue weighted by Gasteiger charge is -2.35. The number of aliphatic carboxylic acids is 1. The first kappa shape index (κ1) is 28.5. The van der Waals surface area contributed by atoms with Gasteiger partial charge in [-0.25, -0.2) is 9.37 Å². The Balaban J connectivity index is 1.08. The molecule has 1 N–H and O–H groups in total. The minimum Gasteiger partial charge on any atom is -0.480 e. The van der Waals surface area contributed by atoms with E-state index < -0.39 is 5.97 Å². The van der Waals surface area contributed by atoms with Crippen LogP contribution in [0.25, 0.3) is 0 Å². The zero-order valence-corrected chi connectivity index (χ0v) is 24.7. The minimum absolute atomic E-state index is 0.202. The van der Waals surface area contributed by atoms with E-state index in [4.69, 9.17) is 0 Å². The second kappa shape index (κ2) is 13.1. The van der Waals surface area contributed by atoms with Crippen molar-refractivity contribution in [2.24, 2.45) is 11.8 Å². The van der Waals surface area contributed by atoms with Gasteiger partial charge in [0.25, 0.3) is 0 Å². The number of carbonyl (C=O) groups is 1. The fourth-order valence-corrected chi connectivity index (χ4v) is 8.73. The fraction of sp³-hybridized carbons (Fsp3) is 0.529. The first-order valence-corrected chi connectivity index (χ1v) is 16.3. The first-order chi connectivity index (χ1) is 20.0. The molecule has 218 valence electrons. The smallest absolute Gasteiger partial charge is 0.321 e. The van der Waals surface area contributed by atoms with Crippen LogP contribution in [0.2, 0.25) is 0 Å². The van der Waals surface area contributed by atoms with Gasteiger partial charge < -0.3 is 10.0 Å². The Kier molecular flexibility index (Phi) is 9.13. The number of nitrogens with zero attached hydrogens (tertiary/aromatic N) is 3. The van der Waals surface area contributed by atoms with Crippen molar-refractivity contribution >= 4 is 17.3 Å². The lowest BCUT2D eigenvalue weighted by atomic mass is 9.83. The summed E-state index contributed by atoms with van der Waals surface area (Å²) in [5, 5.41) is 11.4. The van der Waals surface area contributed by atoms with Gasteiger partial charge in [-0.3, -0.25) is 9.69 Å². The minimum atomic E-state index is -0.631. The number of hydrogen-bond donors (Lipinski definition) is 1. The van der Waals surface area contributed by atoms with Crippen LogP contribution in [-0.2, 0) is 11.2 Å². The van der Waals surface area contributed by atoms with Crippen LogP contribution >= 0.6 is 11.3 Å². The van der Waals surface area contributed by atoms with Crippen molar-refractivity contribution in [1.82, 2.24) is 14.8 Å². The molecule has 3 fully saturated rings. The molecule has 6 rings (SSSR count). The van der Waals surface area contributed by atoms with E-state index >= 15 is 0 Å². The van der Waals surface area contributed by atoms with E-state index in [-0.39, 0.29) is 17.8 Å². The van der Waals surface area contributed by atoms with Gasteiger partial charge in [-0.1, -0.05) is 61.7 Å². The number of benzene rings is 2. The second-order valence-electron chi connectivity index (χ2n) is 12.4. The Morgan fingerprint density at radius 2 is 1.71 bits per heavy atom. The number of hydrogen-bond acceptors (Lipinski definition) is 5.